The molecular weight excluding hydrogens is 342 g/mol. The number of nitrogens with zero attached hydrogens (tertiary/aromatic N) is 4. The lowest BCUT2D eigenvalue weighted by Gasteiger charge is -2.12. The van der Waals surface area contributed by atoms with Crippen molar-refractivity contribution in [3.05, 3.63) is 37.6 Å². The highest BCUT2D eigenvalue weighted by Gasteiger charge is 2.09. The summed E-state index contributed by atoms with van der Waals surface area (Å²) in [5, 5.41) is 10.2. The minimum absolute atomic E-state index is 0.129. The van der Waals surface area contributed by atoms with E-state index in [1.807, 2.05) is 24.4 Å². The number of hydrogen-bond acceptors (Lipinski definition) is 6. The number of thiazole rings is 1. The van der Waals surface area contributed by atoms with Gasteiger partial charge in [-0.25, -0.2) is 9.67 Å². The molecule has 2 aromatic heterocycles. The van der Waals surface area contributed by atoms with Crippen LogP contribution in [0.4, 0.5) is 5.69 Å². The summed E-state index contributed by atoms with van der Waals surface area (Å²) in [5.74, 6) is 0. The van der Waals surface area contributed by atoms with Crippen molar-refractivity contribution in [2.45, 2.75) is 13.1 Å². The molecule has 0 saturated heterocycles. The predicted octanol–water partition coefficient (Wildman–Crippen LogP) is 1.64. The number of nitrogens with one attached hydrogen (secondary N) is 1. The highest BCUT2D eigenvalue weighted by atomic mass is 79.9. The van der Waals surface area contributed by atoms with Gasteiger partial charge in [0.2, 0.25) is 0 Å². The Hall–Kier alpha value is -1.25. The molecule has 2 heterocycles. The van der Waals surface area contributed by atoms with Crippen molar-refractivity contribution in [2.24, 2.45) is 0 Å². The van der Waals surface area contributed by atoms with Gasteiger partial charge in [-0.15, -0.1) is 11.3 Å². The molecule has 0 saturated carbocycles. The lowest BCUT2D eigenvalue weighted by Crippen LogP contribution is -2.29. The standard InChI is InChI=1S/C12H16BrN5OS/c1-17(2)4-5-18-12(19)11(13)9(7-16-18)15-8-10-14-3-6-20-10/h3,6-7,15H,4-5,8H2,1-2H3. The molecule has 0 bridgehead atoms. The van der Waals surface area contributed by atoms with E-state index in [4.69, 9.17) is 0 Å². The van der Waals surface area contributed by atoms with E-state index in [0.29, 0.717) is 23.2 Å². The van der Waals surface area contributed by atoms with E-state index in [2.05, 4.69) is 31.3 Å². The third-order valence-corrected chi connectivity index (χ3v) is 4.20. The molecule has 0 atom stereocenters. The molecule has 0 aliphatic rings. The molecule has 0 amide bonds. The van der Waals surface area contributed by atoms with Gasteiger partial charge in [-0.05, 0) is 30.0 Å². The first-order valence-electron chi connectivity index (χ1n) is 6.10. The second-order valence-corrected chi connectivity index (χ2v) is 6.26. The highest BCUT2D eigenvalue weighted by Crippen LogP contribution is 2.17. The summed E-state index contributed by atoms with van der Waals surface area (Å²) in [6, 6.07) is 0. The van der Waals surface area contributed by atoms with E-state index in [-0.39, 0.29) is 5.56 Å². The summed E-state index contributed by atoms with van der Waals surface area (Å²) in [7, 11) is 3.92. The van der Waals surface area contributed by atoms with Crippen molar-refractivity contribution in [1.29, 1.82) is 0 Å². The summed E-state index contributed by atoms with van der Waals surface area (Å²) in [4.78, 5) is 18.3. The third-order valence-electron chi connectivity index (χ3n) is 2.66. The van der Waals surface area contributed by atoms with Crippen molar-refractivity contribution >= 4 is 33.0 Å². The number of rotatable bonds is 6. The van der Waals surface area contributed by atoms with Gasteiger partial charge < -0.3 is 10.2 Å². The van der Waals surface area contributed by atoms with Crippen LogP contribution < -0.4 is 10.9 Å². The molecule has 0 radical (unpaired) electrons. The zero-order chi connectivity index (χ0) is 14.5. The average molecular weight is 358 g/mol. The van der Waals surface area contributed by atoms with Gasteiger partial charge in [0.25, 0.3) is 5.56 Å². The average Bonchev–Trinajstić information content (AvgIpc) is 2.92. The Balaban J connectivity index is 2.08. The Morgan fingerprint density at radius 3 is 2.95 bits per heavy atom. The van der Waals surface area contributed by atoms with Gasteiger partial charge in [0, 0.05) is 18.1 Å². The third kappa shape index (κ3) is 3.87. The largest absolute Gasteiger partial charge is 0.376 e. The van der Waals surface area contributed by atoms with Gasteiger partial charge >= 0.3 is 0 Å². The maximum Gasteiger partial charge on any atom is 0.283 e. The summed E-state index contributed by atoms with van der Waals surface area (Å²) in [6.45, 7) is 1.92. The van der Waals surface area contributed by atoms with Gasteiger partial charge in [-0.2, -0.15) is 5.10 Å². The van der Waals surface area contributed by atoms with E-state index in [0.717, 1.165) is 11.6 Å². The molecule has 2 aromatic rings. The molecule has 1 N–H and O–H groups in total. The molecule has 8 heteroatoms. The molecule has 6 nitrogen and oxygen atoms in total. The van der Waals surface area contributed by atoms with Gasteiger partial charge in [-0.3, -0.25) is 4.79 Å². The van der Waals surface area contributed by atoms with Crippen LogP contribution >= 0.6 is 27.3 Å². The zero-order valence-corrected chi connectivity index (χ0v) is 13.7. The van der Waals surface area contributed by atoms with Crippen LogP contribution in [0.2, 0.25) is 0 Å². The van der Waals surface area contributed by atoms with Crippen LogP contribution in [0, 0.1) is 0 Å². The van der Waals surface area contributed by atoms with Crippen LogP contribution in [0.5, 0.6) is 0 Å². The van der Waals surface area contributed by atoms with Crippen LogP contribution in [0.25, 0.3) is 0 Å². The Bertz CT molecular complexity index is 611. The van der Waals surface area contributed by atoms with E-state index in [1.54, 1.807) is 23.7 Å². The number of aromatic nitrogens is 3. The van der Waals surface area contributed by atoms with Crippen molar-refractivity contribution in [2.75, 3.05) is 26.0 Å². The molecule has 0 aliphatic heterocycles. The normalized spacial score (nSPS) is 11.0. The quantitative estimate of drug-likeness (QED) is 0.851. The van der Waals surface area contributed by atoms with Crippen LogP contribution in [-0.2, 0) is 13.1 Å². The second kappa shape index (κ2) is 6.96. The predicted molar refractivity (Wildman–Crippen MR) is 84.2 cm³/mol. The Kier molecular flexibility index (Phi) is 5.27. The molecule has 0 spiro atoms. The van der Waals surface area contributed by atoms with Gasteiger partial charge in [0.1, 0.15) is 9.48 Å². The van der Waals surface area contributed by atoms with E-state index >= 15 is 0 Å². The topological polar surface area (TPSA) is 63.1 Å². The summed E-state index contributed by atoms with van der Waals surface area (Å²) in [5.41, 5.74) is 0.558. The highest BCUT2D eigenvalue weighted by molar-refractivity contribution is 9.10. The summed E-state index contributed by atoms with van der Waals surface area (Å²) < 4.78 is 1.96. The molecule has 20 heavy (non-hydrogen) atoms. The number of hydrogen-bond donors (Lipinski definition) is 1. The van der Waals surface area contributed by atoms with Crippen LogP contribution in [0.15, 0.2) is 27.0 Å². The SMILES string of the molecule is CN(C)CCn1ncc(NCc2nccs2)c(Br)c1=O. The lowest BCUT2D eigenvalue weighted by molar-refractivity contribution is 0.367. The smallest absolute Gasteiger partial charge is 0.283 e. The molecule has 0 fully saturated rings. The first-order chi connectivity index (χ1) is 9.58. The fourth-order valence-electron chi connectivity index (χ4n) is 1.55. The van der Waals surface area contributed by atoms with E-state index in [9.17, 15) is 4.79 Å². The molecular formula is C12H16BrN5OS. The van der Waals surface area contributed by atoms with Gasteiger partial charge in [-0.1, -0.05) is 0 Å². The van der Waals surface area contributed by atoms with Crippen LogP contribution in [0.1, 0.15) is 5.01 Å². The number of halogens is 1. The Morgan fingerprint density at radius 1 is 1.50 bits per heavy atom. The van der Waals surface area contributed by atoms with Crippen molar-refractivity contribution < 1.29 is 0 Å². The minimum atomic E-state index is -0.129. The maximum atomic E-state index is 12.1. The minimum Gasteiger partial charge on any atom is -0.376 e. The van der Waals surface area contributed by atoms with Crippen LogP contribution in [-0.4, -0.2) is 40.3 Å². The second-order valence-electron chi connectivity index (χ2n) is 4.48. The van der Waals surface area contributed by atoms with Crippen LogP contribution in [0.3, 0.4) is 0 Å². The summed E-state index contributed by atoms with van der Waals surface area (Å²) >= 11 is 4.90. The van der Waals surface area contributed by atoms with E-state index in [1.165, 1.54) is 4.68 Å². The molecule has 2 rings (SSSR count). The molecule has 0 unspecified atom stereocenters. The monoisotopic (exact) mass is 357 g/mol. The Labute approximate surface area is 129 Å². The van der Waals surface area contributed by atoms with Crippen molar-refractivity contribution in [3.8, 4) is 0 Å². The molecule has 0 aliphatic carbocycles. The van der Waals surface area contributed by atoms with Gasteiger partial charge in [0.05, 0.1) is 25.0 Å². The van der Waals surface area contributed by atoms with Crippen molar-refractivity contribution in [1.82, 2.24) is 19.7 Å². The Morgan fingerprint density at radius 2 is 2.30 bits per heavy atom. The molecule has 108 valence electrons. The molecule has 0 aromatic carbocycles. The summed E-state index contributed by atoms with van der Waals surface area (Å²) in [6.07, 6.45) is 3.42. The first kappa shape index (κ1) is 15.1. The number of anilines is 1. The van der Waals surface area contributed by atoms with Crippen molar-refractivity contribution in [3.63, 3.8) is 0 Å². The zero-order valence-electron chi connectivity index (χ0n) is 11.3. The lowest BCUT2D eigenvalue weighted by atomic mass is 10.4. The number of likely N-dealkylation sites (N-methyl/N-ethyl adjacent to an activating group) is 1. The van der Waals surface area contributed by atoms with E-state index < -0.39 is 0 Å². The van der Waals surface area contributed by atoms with Gasteiger partial charge in [0.15, 0.2) is 0 Å². The fraction of sp³-hybridized carbons (Fsp3) is 0.417. The maximum absolute atomic E-state index is 12.1. The first-order valence-corrected chi connectivity index (χ1v) is 7.78. The fourth-order valence-corrected chi connectivity index (χ4v) is 2.56.